The van der Waals surface area contributed by atoms with Gasteiger partial charge < -0.3 is 19.0 Å². The maximum absolute atomic E-state index is 12.0. The van der Waals surface area contributed by atoms with E-state index in [0.717, 1.165) is 6.42 Å². The zero-order valence-electron chi connectivity index (χ0n) is 13.0. The number of fused-ring (bicyclic) bond motifs is 1. The molecule has 1 heterocycles. The molecule has 0 fully saturated rings. The fraction of sp³-hybridized carbons (Fsp3) is 0.294. The number of aromatic hydroxyl groups is 1. The summed E-state index contributed by atoms with van der Waals surface area (Å²) in [6, 6.07) is 4.50. The van der Waals surface area contributed by atoms with Crippen LogP contribution in [0.5, 0.6) is 17.2 Å². The Bertz CT molecular complexity index is 788. The van der Waals surface area contributed by atoms with Crippen LogP contribution in [0, 0.1) is 0 Å². The molecule has 23 heavy (non-hydrogen) atoms. The molecule has 0 radical (unpaired) electrons. The highest BCUT2D eigenvalue weighted by molar-refractivity contribution is 5.91. The second-order valence-electron chi connectivity index (χ2n) is 4.81. The van der Waals surface area contributed by atoms with Gasteiger partial charge in [-0.2, -0.15) is 0 Å². The summed E-state index contributed by atoms with van der Waals surface area (Å²) in [7, 11) is 0. The van der Waals surface area contributed by atoms with E-state index in [4.69, 9.17) is 13.9 Å². The number of ether oxygens (including phenoxy) is 2. The Morgan fingerprint density at radius 3 is 2.78 bits per heavy atom. The van der Waals surface area contributed by atoms with Gasteiger partial charge in [-0.3, -0.25) is 4.79 Å². The van der Waals surface area contributed by atoms with Gasteiger partial charge in [-0.25, -0.2) is 4.79 Å². The summed E-state index contributed by atoms with van der Waals surface area (Å²) in [4.78, 5) is 23.2. The van der Waals surface area contributed by atoms with E-state index >= 15 is 0 Å². The van der Waals surface area contributed by atoms with Gasteiger partial charge in [0.25, 0.3) is 5.75 Å². The number of esters is 1. The van der Waals surface area contributed by atoms with Crippen molar-refractivity contribution in [3.05, 3.63) is 40.8 Å². The third-order valence-electron chi connectivity index (χ3n) is 3.00. The molecule has 0 spiro atoms. The predicted molar refractivity (Wildman–Crippen MR) is 85.0 cm³/mol. The van der Waals surface area contributed by atoms with Crippen LogP contribution >= 0.6 is 0 Å². The van der Waals surface area contributed by atoms with E-state index in [1.807, 2.05) is 19.1 Å². The fourth-order valence-electron chi connectivity index (χ4n) is 2.07. The lowest BCUT2D eigenvalue weighted by molar-refractivity contribution is -0.132. The summed E-state index contributed by atoms with van der Waals surface area (Å²) in [6.07, 6.45) is 5.46. The average molecular weight is 318 g/mol. The highest BCUT2D eigenvalue weighted by Gasteiger charge is 2.21. The van der Waals surface area contributed by atoms with Crippen LogP contribution in [0.25, 0.3) is 11.0 Å². The topological polar surface area (TPSA) is 86.0 Å². The number of hydrogen-bond donors (Lipinski definition) is 1. The van der Waals surface area contributed by atoms with Crippen LogP contribution in [0.4, 0.5) is 0 Å². The van der Waals surface area contributed by atoms with Crippen LogP contribution in [0.1, 0.15) is 26.7 Å². The van der Waals surface area contributed by atoms with Gasteiger partial charge in [-0.05, 0) is 25.0 Å². The lowest BCUT2D eigenvalue weighted by Crippen LogP contribution is -2.13. The smallest absolute Gasteiger partial charge is 0.383 e. The van der Waals surface area contributed by atoms with E-state index < -0.39 is 11.6 Å². The van der Waals surface area contributed by atoms with E-state index in [-0.39, 0.29) is 34.8 Å². The van der Waals surface area contributed by atoms with Crippen molar-refractivity contribution in [3.8, 4) is 17.2 Å². The quantitative estimate of drug-likeness (QED) is 0.381. The molecule has 6 nitrogen and oxygen atoms in total. The molecule has 0 amide bonds. The lowest BCUT2D eigenvalue weighted by Gasteiger charge is -2.12. The third kappa shape index (κ3) is 3.91. The minimum atomic E-state index is -0.836. The molecule has 0 bridgehead atoms. The Morgan fingerprint density at radius 2 is 2.09 bits per heavy atom. The fourth-order valence-corrected chi connectivity index (χ4v) is 2.07. The molecule has 0 unspecified atom stereocenters. The van der Waals surface area contributed by atoms with Crippen molar-refractivity contribution < 1.29 is 23.8 Å². The van der Waals surface area contributed by atoms with Gasteiger partial charge in [0.05, 0.1) is 6.61 Å². The van der Waals surface area contributed by atoms with Crippen molar-refractivity contribution in [1.29, 1.82) is 0 Å². The molecule has 1 aromatic carbocycles. The van der Waals surface area contributed by atoms with Gasteiger partial charge in [-0.1, -0.05) is 25.1 Å². The first-order valence-electron chi connectivity index (χ1n) is 7.29. The second-order valence-corrected chi connectivity index (χ2v) is 4.81. The van der Waals surface area contributed by atoms with Crippen LogP contribution in [0.3, 0.4) is 0 Å². The van der Waals surface area contributed by atoms with E-state index in [1.54, 1.807) is 6.07 Å². The van der Waals surface area contributed by atoms with Crippen molar-refractivity contribution in [2.75, 3.05) is 6.61 Å². The van der Waals surface area contributed by atoms with Gasteiger partial charge in [0.1, 0.15) is 16.7 Å². The Balaban J connectivity index is 2.49. The largest absolute Gasteiger partial charge is 0.507 e. The summed E-state index contributed by atoms with van der Waals surface area (Å²) in [6.45, 7) is 3.45. The van der Waals surface area contributed by atoms with Crippen LogP contribution in [-0.4, -0.2) is 17.7 Å². The minimum Gasteiger partial charge on any atom is -0.507 e. The molecule has 0 aliphatic carbocycles. The molecule has 2 aromatic rings. The van der Waals surface area contributed by atoms with E-state index in [2.05, 4.69) is 0 Å². The number of allylic oxidation sites excluding steroid dienone is 1. The summed E-state index contributed by atoms with van der Waals surface area (Å²) in [5.74, 6) is -1.15. The average Bonchev–Trinajstić information content (AvgIpc) is 2.49. The summed E-state index contributed by atoms with van der Waals surface area (Å²) >= 11 is 0. The summed E-state index contributed by atoms with van der Waals surface area (Å²) in [5.41, 5.74) is -0.678. The Hall–Kier alpha value is -2.76. The van der Waals surface area contributed by atoms with E-state index in [0.29, 0.717) is 6.42 Å². The SMILES string of the molecule is CCC=CCCOc1c(OC(C)=O)c(=O)oc2cccc(O)c12. The molecule has 0 aliphatic heterocycles. The molecule has 2 rings (SSSR count). The molecule has 1 aromatic heterocycles. The van der Waals surface area contributed by atoms with Crippen LogP contribution in [0.15, 0.2) is 39.6 Å². The monoisotopic (exact) mass is 318 g/mol. The standard InChI is InChI=1S/C17H18O6/c1-3-4-5-6-10-21-15-14-12(19)8-7-9-13(14)23-17(20)16(15)22-11(2)18/h4-5,7-9,19H,3,6,10H2,1-2H3. The van der Waals surface area contributed by atoms with Crippen LogP contribution < -0.4 is 15.1 Å². The first-order chi connectivity index (χ1) is 11.0. The van der Waals surface area contributed by atoms with Crippen molar-refractivity contribution in [1.82, 2.24) is 0 Å². The summed E-state index contributed by atoms with van der Waals surface area (Å²) in [5, 5.41) is 10.2. The first-order valence-corrected chi connectivity index (χ1v) is 7.29. The minimum absolute atomic E-state index is 0.00875. The molecule has 122 valence electrons. The molecule has 0 saturated carbocycles. The van der Waals surface area contributed by atoms with E-state index in [1.165, 1.54) is 19.1 Å². The zero-order valence-corrected chi connectivity index (χ0v) is 13.0. The molecule has 0 atom stereocenters. The molecule has 6 heteroatoms. The highest BCUT2D eigenvalue weighted by Crippen LogP contribution is 2.38. The first kappa shape index (κ1) is 16.6. The van der Waals surface area contributed by atoms with Crippen LogP contribution in [0.2, 0.25) is 0 Å². The van der Waals surface area contributed by atoms with Crippen molar-refractivity contribution in [2.24, 2.45) is 0 Å². The maximum Gasteiger partial charge on any atom is 0.383 e. The van der Waals surface area contributed by atoms with Gasteiger partial charge >= 0.3 is 11.6 Å². The van der Waals surface area contributed by atoms with Gasteiger partial charge in [0.2, 0.25) is 0 Å². The molecular weight excluding hydrogens is 300 g/mol. The highest BCUT2D eigenvalue weighted by atomic mass is 16.6. The number of benzene rings is 1. The Morgan fingerprint density at radius 1 is 1.30 bits per heavy atom. The van der Waals surface area contributed by atoms with Gasteiger partial charge in [-0.15, -0.1) is 0 Å². The van der Waals surface area contributed by atoms with Gasteiger partial charge in [0, 0.05) is 6.92 Å². The molecule has 1 N–H and O–H groups in total. The second kappa shape index (κ2) is 7.49. The van der Waals surface area contributed by atoms with Crippen molar-refractivity contribution in [2.45, 2.75) is 26.7 Å². The van der Waals surface area contributed by atoms with Crippen molar-refractivity contribution in [3.63, 3.8) is 0 Å². The summed E-state index contributed by atoms with van der Waals surface area (Å²) < 4.78 is 15.6. The number of rotatable bonds is 6. The molecule has 0 saturated heterocycles. The zero-order chi connectivity index (χ0) is 16.8. The lowest BCUT2D eigenvalue weighted by atomic mass is 10.2. The third-order valence-corrected chi connectivity index (χ3v) is 3.00. The van der Waals surface area contributed by atoms with Crippen LogP contribution in [-0.2, 0) is 4.79 Å². The predicted octanol–water partition coefficient (Wildman–Crippen LogP) is 3.16. The Labute approximate surface area is 132 Å². The van der Waals surface area contributed by atoms with Gasteiger partial charge in [0.15, 0.2) is 5.75 Å². The number of hydrogen-bond acceptors (Lipinski definition) is 6. The Kier molecular flexibility index (Phi) is 5.41. The number of carbonyl (C=O) groups excluding carboxylic acids is 1. The molecular formula is C17H18O6. The normalized spacial score (nSPS) is 11.0. The number of carbonyl (C=O) groups is 1. The van der Waals surface area contributed by atoms with E-state index in [9.17, 15) is 14.7 Å². The number of phenolic OH excluding ortho intramolecular Hbond substituents is 1. The molecule has 0 aliphatic rings. The van der Waals surface area contributed by atoms with Crippen molar-refractivity contribution >= 4 is 16.9 Å². The number of phenols is 1. The maximum atomic E-state index is 12.0.